The third-order valence-electron chi connectivity index (χ3n) is 3.44. The van der Waals surface area contributed by atoms with E-state index >= 15 is 0 Å². The van der Waals surface area contributed by atoms with E-state index in [9.17, 15) is 14.0 Å². The van der Waals surface area contributed by atoms with E-state index in [1.54, 1.807) is 0 Å². The van der Waals surface area contributed by atoms with E-state index < -0.39 is 17.8 Å². The second kappa shape index (κ2) is 6.71. The minimum atomic E-state index is -1.04. The number of nitrogens with one attached hydrogen (secondary N) is 2. The molecule has 1 aromatic heterocycles. The van der Waals surface area contributed by atoms with Crippen molar-refractivity contribution in [3.05, 3.63) is 28.8 Å². The van der Waals surface area contributed by atoms with Gasteiger partial charge in [0.1, 0.15) is 11.0 Å². The smallest absolute Gasteiger partial charge is 0.404 e. The fraction of sp³-hybridized carbons (Fsp3) is 0.462. The van der Waals surface area contributed by atoms with Crippen molar-refractivity contribution < 1.29 is 19.1 Å². The summed E-state index contributed by atoms with van der Waals surface area (Å²) in [5, 5.41) is 13.8. The van der Waals surface area contributed by atoms with Crippen LogP contribution in [0.2, 0.25) is 5.15 Å². The number of aromatic nitrogens is 1. The van der Waals surface area contributed by atoms with Crippen molar-refractivity contribution in [3.63, 3.8) is 0 Å². The maximum Gasteiger partial charge on any atom is 0.404 e. The Balaban J connectivity index is 1.90. The fourth-order valence-electron chi connectivity index (χ4n) is 2.40. The van der Waals surface area contributed by atoms with Crippen molar-refractivity contribution in [2.24, 2.45) is 0 Å². The molecule has 1 aliphatic rings. The van der Waals surface area contributed by atoms with E-state index in [0.29, 0.717) is 25.7 Å². The van der Waals surface area contributed by atoms with Crippen molar-refractivity contribution in [3.8, 4) is 0 Å². The lowest BCUT2D eigenvalue weighted by Crippen LogP contribution is -2.43. The zero-order valence-corrected chi connectivity index (χ0v) is 11.9. The van der Waals surface area contributed by atoms with Crippen molar-refractivity contribution in [2.45, 2.75) is 37.8 Å². The van der Waals surface area contributed by atoms with Gasteiger partial charge in [0.25, 0.3) is 5.91 Å². The van der Waals surface area contributed by atoms with Crippen LogP contribution in [0.4, 0.5) is 9.18 Å². The van der Waals surface area contributed by atoms with Crippen molar-refractivity contribution in [1.29, 1.82) is 0 Å². The van der Waals surface area contributed by atoms with E-state index in [1.807, 2.05) is 0 Å². The molecule has 0 unspecified atom stereocenters. The monoisotopic (exact) mass is 315 g/mol. The van der Waals surface area contributed by atoms with E-state index in [2.05, 4.69) is 15.6 Å². The molecule has 2 amide bonds. The lowest BCUT2D eigenvalue weighted by molar-refractivity contribution is 0.0922. The lowest BCUT2D eigenvalue weighted by atomic mass is 9.91. The van der Waals surface area contributed by atoms with E-state index in [0.717, 1.165) is 12.3 Å². The third-order valence-corrected chi connectivity index (χ3v) is 3.74. The molecule has 0 atom stereocenters. The first-order valence-corrected chi connectivity index (χ1v) is 6.95. The highest BCUT2D eigenvalue weighted by Gasteiger charge is 2.24. The SMILES string of the molecule is O=C(O)NC1CCC(NC(=O)c2cc(F)cnc2Cl)CC1. The molecule has 114 valence electrons. The first-order chi connectivity index (χ1) is 9.95. The van der Waals surface area contributed by atoms with Gasteiger partial charge in [-0.05, 0) is 31.7 Å². The number of pyridine rings is 1. The summed E-state index contributed by atoms with van der Waals surface area (Å²) in [6, 6.07) is 0.876. The van der Waals surface area contributed by atoms with E-state index in [4.69, 9.17) is 16.7 Å². The summed E-state index contributed by atoms with van der Waals surface area (Å²) in [6.45, 7) is 0. The molecule has 3 N–H and O–H groups in total. The largest absolute Gasteiger partial charge is 0.465 e. The summed E-state index contributed by atoms with van der Waals surface area (Å²) < 4.78 is 13.1. The van der Waals surface area contributed by atoms with Crippen molar-refractivity contribution >= 4 is 23.6 Å². The maximum absolute atomic E-state index is 13.1. The molecule has 0 radical (unpaired) electrons. The molecular weight excluding hydrogens is 301 g/mol. The number of hydrogen-bond donors (Lipinski definition) is 3. The minimum absolute atomic E-state index is 0.00227. The van der Waals surface area contributed by atoms with Crippen LogP contribution in [0.1, 0.15) is 36.0 Å². The maximum atomic E-state index is 13.1. The molecule has 1 fully saturated rings. The molecule has 6 nitrogen and oxygen atoms in total. The van der Waals surface area contributed by atoms with Crippen LogP contribution in [0.15, 0.2) is 12.3 Å². The highest BCUT2D eigenvalue weighted by molar-refractivity contribution is 6.32. The van der Waals surface area contributed by atoms with E-state index in [-0.39, 0.29) is 22.8 Å². The number of halogens is 2. The number of carbonyl (C=O) groups excluding carboxylic acids is 1. The predicted octanol–water partition coefficient (Wildman–Crippen LogP) is 2.18. The summed E-state index contributed by atoms with van der Waals surface area (Å²) in [6.07, 6.45) is 2.49. The van der Waals surface area contributed by atoms with Crippen LogP contribution < -0.4 is 10.6 Å². The molecule has 1 aliphatic carbocycles. The molecule has 0 spiro atoms. The molecule has 0 bridgehead atoms. The van der Waals surface area contributed by atoms with Gasteiger partial charge in [-0.3, -0.25) is 4.79 Å². The molecule has 0 aromatic carbocycles. The zero-order chi connectivity index (χ0) is 15.4. The Bertz CT molecular complexity index is 547. The summed E-state index contributed by atoms with van der Waals surface area (Å²) in [5.74, 6) is -1.10. The van der Waals surface area contributed by atoms with Crippen LogP contribution in [0.3, 0.4) is 0 Å². The van der Waals surface area contributed by atoms with Crippen LogP contribution >= 0.6 is 11.6 Å². The second-order valence-corrected chi connectivity index (χ2v) is 5.32. The van der Waals surface area contributed by atoms with Gasteiger partial charge in [-0.2, -0.15) is 0 Å². The first kappa shape index (κ1) is 15.5. The van der Waals surface area contributed by atoms with Crippen molar-refractivity contribution in [1.82, 2.24) is 15.6 Å². The van der Waals surface area contributed by atoms with Gasteiger partial charge in [0.2, 0.25) is 0 Å². The third kappa shape index (κ3) is 4.29. The van der Waals surface area contributed by atoms with Crippen LogP contribution in [0.25, 0.3) is 0 Å². The normalized spacial score (nSPS) is 21.6. The molecular formula is C13H15ClFN3O3. The van der Waals surface area contributed by atoms with Crippen LogP contribution in [0.5, 0.6) is 0 Å². The molecule has 1 heterocycles. The van der Waals surface area contributed by atoms with Crippen LogP contribution in [-0.2, 0) is 0 Å². The highest BCUT2D eigenvalue weighted by Crippen LogP contribution is 2.20. The van der Waals surface area contributed by atoms with Crippen molar-refractivity contribution in [2.75, 3.05) is 0 Å². The van der Waals surface area contributed by atoms with Gasteiger partial charge in [-0.15, -0.1) is 0 Å². The number of nitrogens with zero attached hydrogens (tertiary/aromatic N) is 1. The number of rotatable bonds is 3. The summed E-state index contributed by atoms with van der Waals surface area (Å²) in [7, 11) is 0. The Labute approximate surface area is 125 Å². The molecule has 8 heteroatoms. The van der Waals surface area contributed by atoms with Crippen LogP contribution in [-0.4, -0.2) is 34.2 Å². The molecule has 1 saturated carbocycles. The Morgan fingerprint density at radius 2 is 1.81 bits per heavy atom. The molecule has 0 saturated heterocycles. The predicted molar refractivity (Wildman–Crippen MR) is 73.9 cm³/mol. The Morgan fingerprint density at radius 1 is 1.24 bits per heavy atom. The molecule has 1 aromatic rings. The number of amides is 2. The highest BCUT2D eigenvalue weighted by atomic mass is 35.5. The average Bonchev–Trinajstić information content (AvgIpc) is 2.43. The standard InChI is InChI=1S/C13H15ClFN3O3/c14-11-10(5-7(15)6-16-11)12(19)17-8-1-3-9(4-2-8)18-13(20)21/h5-6,8-9,18H,1-4H2,(H,17,19)(H,20,21). The average molecular weight is 316 g/mol. The Kier molecular flexibility index (Phi) is 4.95. The van der Waals surface area contributed by atoms with Gasteiger partial charge < -0.3 is 15.7 Å². The zero-order valence-electron chi connectivity index (χ0n) is 11.1. The van der Waals surface area contributed by atoms with Gasteiger partial charge in [0, 0.05) is 12.1 Å². The number of hydrogen-bond acceptors (Lipinski definition) is 3. The van der Waals surface area contributed by atoms with Gasteiger partial charge >= 0.3 is 6.09 Å². The fourth-order valence-corrected chi connectivity index (χ4v) is 2.59. The molecule has 21 heavy (non-hydrogen) atoms. The first-order valence-electron chi connectivity index (χ1n) is 6.57. The topological polar surface area (TPSA) is 91.3 Å². The summed E-state index contributed by atoms with van der Waals surface area (Å²) >= 11 is 5.78. The molecule has 2 rings (SSSR count). The van der Waals surface area contributed by atoms with Gasteiger partial charge in [-0.1, -0.05) is 11.6 Å². The Morgan fingerprint density at radius 3 is 2.38 bits per heavy atom. The second-order valence-electron chi connectivity index (χ2n) is 4.96. The Hall–Kier alpha value is -1.89. The van der Waals surface area contributed by atoms with Gasteiger partial charge in [-0.25, -0.2) is 14.2 Å². The number of carbonyl (C=O) groups is 2. The lowest BCUT2D eigenvalue weighted by Gasteiger charge is -2.28. The van der Waals surface area contributed by atoms with Crippen LogP contribution in [0, 0.1) is 5.82 Å². The summed E-state index contributed by atoms with van der Waals surface area (Å²) in [4.78, 5) is 26.2. The molecule has 0 aliphatic heterocycles. The quantitative estimate of drug-likeness (QED) is 0.746. The summed E-state index contributed by atoms with van der Waals surface area (Å²) in [5.41, 5.74) is 0.00227. The van der Waals surface area contributed by atoms with Gasteiger partial charge in [0.15, 0.2) is 0 Å². The minimum Gasteiger partial charge on any atom is -0.465 e. The van der Waals surface area contributed by atoms with Gasteiger partial charge in [0.05, 0.1) is 11.8 Å². The number of carboxylic acid groups (broad SMARTS) is 1. The van der Waals surface area contributed by atoms with E-state index in [1.165, 1.54) is 0 Å².